The number of hydrogen-bond acceptors (Lipinski definition) is 8. The van der Waals surface area contributed by atoms with Crippen LogP contribution in [0, 0.1) is 0 Å². The van der Waals surface area contributed by atoms with Gasteiger partial charge in [0.1, 0.15) is 9.71 Å². The number of amides is 1. The molecule has 0 aliphatic carbocycles. The molecule has 9 heteroatoms. The summed E-state index contributed by atoms with van der Waals surface area (Å²) in [6, 6.07) is 1.74. The molecule has 3 aromatic rings. The van der Waals surface area contributed by atoms with Gasteiger partial charge in [0.25, 0.3) is 5.91 Å². The van der Waals surface area contributed by atoms with E-state index in [4.69, 9.17) is 10.3 Å². The molecule has 0 saturated heterocycles. The largest absolute Gasteiger partial charge is 0.397 e. The standard InChI is InChI=1S/C11H10N6O2S/c12-8-6-1-4-15-17-11(6)20-9(8)10(18)13-3-2-7-14-5-16-19-7/h1,4-5H,2-3,12H2,(H,13,18). The van der Waals surface area contributed by atoms with Crippen LogP contribution in [0.2, 0.25) is 0 Å². The Balaban J connectivity index is 1.71. The zero-order chi connectivity index (χ0) is 13.9. The van der Waals surface area contributed by atoms with Crippen LogP contribution in [0.3, 0.4) is 0 Å². The Morgan fingerprint density at radius 3 is 3.15 bits per heavy atom. The summed E-state index contributed by atoms with van der Waals surface area (Å²) in [5, 5.41) is 14.7. The molecule has 0 saturated carbocycles. The number of carbonyl (C=O) groups is 1. The highest BCUT2D eigenvalue weighted by Gasteiger charge is 2.16. The molecule has 0 bridgehead atoms. The van der Waals surface area contributed by atoms with Gasteiger partial charge in [0.2, 0.25) is 5.89 Å². The minimum absolute atomic E-state index is 0.245. The lowest BCUT2D eigenvalue weighted by atomic mass is 10.3. The number of nitrogens with two attached hydrogens (primary N) is 1. The summed E-state index contributed by atoms with van der Waals surface area (Å²) >= 11 is 1.22. The van der Waals surface area contributed by atoms with Gasteiger partial charge in [0.15, 0.2) is 6.33 Å². The summed E-state index contributed by atoms with van der Waals surface area (Å²) in [4.78, 5) is 17.0. The van der Waals surface area contributed by atoms with Crippen LogP contribution >= 0.6 is 11.3 Å². The summed E-state index contributed by atoms with van der Waals surface area (Å²) in [6.07, 6.45) is 3.33. The number of anilines is 1. The van der Waals surface area contributed by atoms with E-state index in [-0.39, 0.29) is 5.91 Å². The quantitative estimate of drug-likeness (QED) is 0.723. The fourth-order valence-electron chi connectivity index (χ4n) is 1.71. The fraction of sp³-hybridized carbons (Fsp3) is 0.182. The van der Waals surface area contributed by atoms with Gasteiger partial charge in [-0.1, -0.05) is 5.16 Å². The number of aromatic nitrogens is 4. The Labute approximate surface area is 117 Å². The van der Waals surface area contributed by atoms with Crippen molar-refractivity contribution in [3.63, 3.8) is 0 Å². The third-order valence-electron chi connectivity index (χ3n) is 2.66. The molecule has 0 radical (unpaired) electrons. The van der Waals surface area contributed by atoms with E-state index in [1.54, 1.807) is 12.3 Å². The van der Waals surface area contributed by atoms with Gasteiger partial charge in [-0.2, -0.15) is 10.1 Å². The van der Waals surface area contributed by atoms with Crippen LogP contribution < -0.4 is 11.1 Å². The second-order valence-corrected chi connectivity index (χ2v) is 4.93. The molecule has 0 aromatic carbocycles. The maximum atomic E-state index is 12.1. The van der Waals surface area contributed by atoms with Crippen molar-refractivity contribution in [1.82, 2.24) is 25.7 Å². The SMILES string of the molecule is Nc1c(C(=O)NCCc2ncno2)sc2nnccc12. The molecular formula is C11H10N6O2S. The molecule has 3 rings (SSSR count). The van der Waals surface area contributed by atoms with Crippen molar-refractivity contribution in [2.24, 2.45) is 0 Å². The van der Waals surface area contributed by atoms with Crippen LogP contribution in [0.4, 0.5) is 5.69 Å². The number of fused-ring (bicyclic) bond motifs is 1. The fourth-order valence-corrected chi connectivity index (χ4v) is 2.67. The summed E-state index contributed by atoms with van der Waals surface area (Å²) in [7, 11) is 0. The van der Waals surface area contributed by atoms with E-state index in [1.807, 2.05) is 0 Å². The Bertz CT molecular complexity index is 739. The first kappa shape index (κ1) is 12.5. The van der Waals surface area contributed by atoms with Crippen LogP contribution in [0.15, 0.2) is 23.1 Å². The van der Waals surface area contributed by atoms with Gasteiger partial charge in [-0.05, 0) is 6.07 Å². The van der Waals surface area contributed by atoms with E-state index in [2.05, 4.69) is 25.7 Å². The Hall–Kier alpha value is -2.55. The average Bonchev–Trinajstić information content (AvgIpc) is 3.08. The highest BCUT2D eigenvalue weighted by atomic mass is 32.1. The predicted molar refractivity (Wildman–Crippen MR) is 72.2 cm³/mol. The zero-order valence-electron chi connectivity index (χ0n) is 10.2. The minimum atomic E-state index is -0.245. The summed E-state index contributed by atoms with van der Waals surface area (Å²) in [6.45, 7) is 0.389. The molecule has 3 N–H and O–H groups in total. The maximum Gasteiger partial charge on any atom is 0.263 e. The van der Waals surface area contributed by atoms with Crippen LogP contribution in [0.25, 0.3) is 10.2 Å². The molecule has 3 heterocycles. The van der Waals surface area contributed by atoms with Crippen molar-refractivity contribution in [3.05, 3.63) is 29.4 Å². The Morgan fingerprint density at radius 1 is 1.50 bits per heavy atom. The average molecular weight is 290 g/mol. The van der Waals surface area contributed by atoms with Crippen molar-refractivity contribution in [3.8, 4) is 0 Å². The lowest BCUT2D eigenvalue weighted by Crippen LogP contribution is -2.25. The smallest absolute Gasteiger partial charge is 0.263 e. The number of rotatable bonds is 4. The van der Waals surface area contributed by atoms with Crippen LogP contribution in [-0.2, 0) is 6.42 Å². The van der Waals surface area contributed by atoms with Crippen LogP contribution in [-0.4, -0.2) is 32.8 Å². The van der Waals surface area contributed by atoms with Crippen LogP contribution in [0.1, 0.15) is 15.6 Å². The molecular weight excluding hydrogens is 280 g/mol. The number of nitrogens with one attached hydrogen (secondary N) is 1. The molecule has 0 spiro atoms. The Kier molecular flexibility index (Phi) is 3.25. The van der Waals surface area contributed by atoms with Gasteiger partial charge >= 0.3 is 0 Å². The van der Waals surface area contributed by atoms with E-state index >= 15 is 0 Å². The topological polar surface area (TPSA) is 120 Å². The van der Waals surface area contributed by atoms with Gasteiger partial charge in [0, 0.05) is 18.4 Å². The van der Waals surface area contributed by atoms with Gasteiger partial charge in [-0.15, -0.1) is 16.4 Å². The molecule has 8 nitrogen and oxygen atoms in total. The number of nitrogen functional groups attached to an aromatic ring is 1. The molecule has 0 unspecified atom stereocenters. The molecule has 0 atom stereocenters. The number of thiophene rings is 1. The first-order chi connectivity index (χ1) is 9.75. The monoisotopic (exact) mass is 290 g/mol. The summed E-state index contributed by atoms with van der Waals surface area (Å²) in [5.74, 6) is 0.227. The van der Waals surface area contributed by atoms with E-state index in [9.17, 15) is 4.79 Å². The van der Waals surface area contributed by atoms with E-state index < -0.39 is 0 Å². The molecule has 1 amide bonds. The van der Waals surface area contributed by atoms with Crippen molar-refractivity contribution >= 4 is 33.1 Å². The van der Waals surface area contributed by atoms with Crippen molar-refractivity contribution < 1.29 is 9.32 Å². The number of hydrogen-bond donors (Lipinski definition) is 2. The normalized spacial score (nSPS) is 10.8. The maximum absolute atomic E-state index is 12.1. The van der Waals surface area contributed by atoms with Gasteiger partial charge in [0.05, 0.1) is 11.9 Å². The lowest BCUT2D eigenvalue weighted by molar-refractivity contribution is 0.0958. The highest BCUT2D eigenvalue weighted by molar-refractivity contribution is 7.21. The second kappa shape index (κ2) is 5.21. The van der Waals surface area contributed by atoms with Crippen LogP contribution in [0.5, 0.6) is 0 Å². The van der Waals surface area contributed by atoms with Gasteiger partial charge in [-0.3, -0.25) is 4.79 Å². The van der Waals surface area contributed by atoms with Gasteiger partial charge < -0.3 is 15.6 Å². The zero-order valence-corrected chi connectivity index (χ0v) is 11.1. The van der Waals surface area contributed by atoms with Crippen molar-refractivity contribution in [2.75, 3.05) is 12.3 Å². The molecule has 0 aliphatic rings. The second-order valence-electron chi connectivity index (χ2n) is 3.94. The van der Waals surface area contributed by atoms with Gasteiger partial charge in [-0.25, -0.2) is 0 Å². The van der Waals surface area contributed by atoms with Crippen molar-refractivity contribution in [1.29, 1.82) is 0 Å². The summed E-state index contributed by atoms with van der Waals surface area (Å²) in [5.41, 5.74) is 6.37. The predicted octanol–water partition coefficient (Wildman–Crippen LogP) is 0.629. The third kappa shape index (κ3) is 2.30. The molecule has 0 fully saturated rings. The first-order valence-electron chi connectivity index (χ1n) is 5.79. The lowest BCUT2D eigenvalue weighted by Gasteiger charge is -2.01. The molecule has 3 aromatic heterocycles. The molecule has 20 heavy (non-hydrogen) atoms. The summed E-state index contributed by atoms with van der Waals surface area (Å²) < 4.78 is 4.84. The molecule has 102 valence electrons. The number of nitrogens with zero attached hydrogens (tertiary/aromatic N) is 4. The van der Waals surface area contributed by atoms with Crippen molar-refractivity contribution in [2.45, 2.75) is 6.42 Å². The minimum Gasteiger partial charge on any atom is -0.397 e. The number of carbonyl (C=O) groups excluding carboxylic acids is 1. The highest BCUT2D eigenvalue weighted by Crippen LogP contribution is 2.31. The molecule has 0 aliphatic heterocycles. The first-order valence-corrected chi connectivity index (χ1v) is 6.61. The van der Waals surface area contributed by atoms with E-state index in [0.717, 1.165) is 5.39 Å². The Morgan fingerprint density at radius 2 is 2.40 bits per heavy atom. The third-order valence-corrected chi connectivity index (χ3v) is 3.76. The van der Waals surface area contributed by atoms with E-state index in [0.29, 0.717) is 34.3 Å². The van der Waals surface area contributed by atoms with E-state index in [1.165, 1.54) is 17.7 Å².